The number of carbonyl (C=O) groups is 4. The number of urea groups is 1. The molecule has 4 N–H and O–H groups in total. The van der Waals surface area contributed by atoms with Crippen molar-refractivity contribution in [3.8, 4) is 5.75 Å². The first kappa shape index (κ1) is 38.8. The number of nitrogens with zero attached hydrogens (tertiary/aromatic N) is 6. The third-order valence-corrected chi connectivity index (χ3v) is 9.46. The minimum atomic E-state index is -0.712. The molecule has 0 saturated carbocycles. The van der Waals surface area contributed by atoms with Crippen molar-refractivity contribution in [1.82, 2.24) is 30.5 Å². The average molecular weight is 767 g/mol. The van der Waals surface area contributed by atoms with Crippen LogP contribution in [0, 0.1) is 12.7 Å². The summed E-state index contributed by atoms with van der Waals surface area (Å²) in [5.74, 6) is -0.152. The van der Waals surface area contributed by atoms with Crippen LogP contribution in [0.3, 0.4) is 0 Å². The molecule has 4 aromatic rings. The number of aromatic nitrogens is 3. The molecule has 4 amide bonds. The fraction of sp³-hybridized carbons (Fsp3) is 0.343. The Bertz CT molecular complexity index is 1890. The molecule has 0 spiro atoms. The minimum Gasteiger partial charge on any atom is -0.481 e. The maximum Gasteiger partial charge on any atom is 0.328 e. The normalized spacial score (nSPS) is 14.5. The van der Waals surface area contributed by atoms with Gasteiger partial charge >= 0.3 is 6.03 Å². The van der Waals surface area contributed by atoms with E-state index < -0.39 is 11.8 Å². The fourth-order valence-electron chi connectivity index (χ4n) is 5.56. The van der Waals surface area contributed by atoms with Crippen molar-refractivity contribution in [3.63, 3.8) is 0 Å². The molecular weight excluding hydrogens is 727 g/mol. The second kappa shape index (κ2) is 18.9. The van der Waals surface area contributed by atoms with E-state index in [-0.39, 0.29) is 37.1 Å². The standard InChI is InChI=1S/C27H30FN9O5S.C8H10ClN/c28-20-12-18(37-7-4-24(39)34-27(37)41)2-3-21(20)42-16-25(40)29-5-1-6-35-8-10-36(11-9-35)23-13-22(31-17-32-23)33-26-30-14-19(15-38)43-26;1-6-4-3-5-7(9)8(6)10-2/h2-3,12-15,17H,1,4-11,16H2,(H,29,40)(H,34,39,41)(H,30,31,32,33);3-5,10H,1-2H3. The molecule has 2 aromatic heterocycles. The van der Waals surface area contributed by atoms with Gasteiger partial charge in [-0.2, -0.15) is 0 Å². The Hall–Kier alpha value is -5.39. The Morgan fingerprint density at radius 1 is 1.09 bits per heavy atom. The van der Waals surface area contributed by atoms with Crippen molar-refractivity contribution in [2.24, 2.45) is 0 Å². The van der Waals surface area contributed by atoms with Crippen molar-refractivity contribution >= 4 is 75.2 Å². The molecule has 15 nitrogen and oxygen atoms in total. The Kier molecular flexibility index (Phi) is 13.9. The second-order valence-electron chi connectivity index (χ2n) is 11.9. The lowest BCUT2D eigenvalue weighted by molar-refractivity contribution is -0.123. The molecule has 18 heteroatoms. The van der Waals surface area contributed by atoms with E-state index in [1.165, 1.54) is 46.5 Å². The predicted molar refractivity (Wildman–Crippen MR) is 202 cm³/mol. The van der Waals surface area contributed by atoms with Crippen LogP contribution in [0.4, 0.5) is 37.3 Å². The minimum absolute atomic E-state index is 0.105. The lowest BCUT2D eigenvalue weighted by Crippen LogP contribution is -2.49. The second-order valence-corrected chi connectivity index (χ2v) is 13.4. The molecule has 0 atom stereocenters. The third kappa shape index (κ3) is 11.1. The van der Waals surface area contributed by atoms with Gasteiger partial charge in [-0.3, -0.25) is 29.5 Å². The van der Waals surface area contributed by atoms with Crippen LogP contribution in [-0.4, -0.2) is 103 Å². The Labute approximate surface area is 314 Å². The van der Waals surface area contributed by atoms with Gasteiger partial charge in [0.1, 0.15) is 18.0 Å². The van der Waals surface area contributed by atoms with Gasteiger partial charge in [0, 0.05) is 70.6 Å². The van der Waals surface area contributed by atoms with Crippen LogP contribution in [0.1, 0.15) is 28.1 Å². The van der Waals surface area contributed by atoms with Crippen LogP contribution < -0.4 is 35.8 Å². The maximum atomic E-state index is 14.5. The molecule has 4 heterocycles. The number of amides is 4. The summed E-state index contributed by atoms with van der Waals surface area (Å²) in [5.41, 5.74) is 2.49. The van der Waals surface area contributed by atoms with Crippen LogP contribution in [-0.2, 0) is 9.59 Å². The van der Waals surface area contributed by atoms with E-state index >= 15 is 0 Å². The number of aldehydes is 1. The summed E-state index contributed by atoms with van der Waals surface area (Å²) in [7, 11) is 1.87. The van der Waals surface area contributed by atoms with Crippen molar-refractivity contribution in [2.45, 2.75) is 19.8 Å². The summed E-state index contributed by atoms with van der Waals surface area (Å²) < 4.78 is 19.8. The van der Waals surface area contributed by atoms with Crippen LogP contribution in [0.15, 0.2) is 55.0 Å². The van der Waals surface area contributed by atoms with Crippen LogP contribution >= 0.6 is 22.9 Å². The van der Waals surface area contributed by atoms with Crippen molar-refractivity contribution < 1.29 is 28.3 Å². The number of imide groups is 1. The molecule has 2 fully saturated rings. The molecule has 0 aliphatic carbocycles. The lowest BCUT2D eigenvalue weighted by atomic mass is 10.2. The summed E-state index contributed by atoms with van der Waals surface area (Å²) >= 11 is 7.12. The molecule has 280 valence electrons. The Morgan fingerprint density at radius 3 is 2.58 bits per heavy atom. The molecule has 2 aliphatic heterocycles. The largest absolute Gasteiger partial charge is 0.481 e. The molecule has 2 aliphatic rings. The number of halogens is 2. The SMILES string of the molecule is CNc1c(C)cccc1Cl.O=Cc1cnc(Nc2cc(N3CCN(CCCNC(=O)COc4ccc(N5CCC(=O)NC5=O)cc4F)CC3)ncn2)s1. The van der Waals surface area contributed by atoms with E-state index in [1.807, 2.05) is 38.2 Å². The quantitative estimate of drug-likeness (QED) is 0.111. The number of thiazole rings is 1. The summed E-state index contributed by atoms with van der Waals surface area (Å²) in [6, 6.07) is 11.1. The predicted octanol–water partition coefficient (Wildman–Crippen LogP) is 4.47. The highest BCUT2D eigenvalue weighted by Gasteiger charge is 2.25. The molecule has 0 radical (unpaired) electrons. The monoisotopic (exact) mass is 766 g/mol. The van der Waals surface area contributed by atoms with E-state index in [9.17, 15) is 23.6 Å². The highest BCUT2D eigenvalue weighted by molar-refractivity contribution is 7.17. The van der Waals surface area contributed by atoms with Crippen LogP contribution in [0.25, 0.3) is 0 Å². The van der Waals surface area contributed by atoms with Crippen LogP contribution in [0.2, 0.25) is 5.02 Å². The Balaban J connectivity index is 0.000000469. The first-order valence-electron chi connectivity index (χ1n) is 16.8. The number of carbonyl (C=O) groups excluding carboxylic acids is 4. The number of anilines is 5. The molecular formula is C35H40ClFN10O5S. The summed E-state index contributed by atoms with van der Waals surface area (Å²) in [6.07, 6.45) is 4.63. The van der Waals surface area contributed by atoms with Gasteiger partial charge in [-0.1, -0.05) is 35.1 Å². The zero-order valence-corrected chi connectivity index (χ0v) is 30.8. The number of benzene rings is 2. The number of aryl methyl sites for hydroxylation is 1. The number of rotatable bonds is 13. The fourth-order valence-corrected chi connectivity index (χ4v) is 6.51. The first-order chi connectivity index (χ1) is 25.6. The van der Waals surface area contributed by atoms with E-state index in [0.717, 1.165) is 68.0 Å². The highest BCUT2D eigenvalue weighted by atomic mass is 35.5. The number of para-hydroxylation sites is 1. The van der Waals surface area contributed by atoms with E-state index in [0.29, 0.717) is 28.1 Å². The van der Waals surface area contributed by atoms with Crippen LogP contribution in [0.5, 0.6) is 5.75 Å². The average Bonchev–Trinajstić information content (AvgIpc) is 3.61. The number of ether oxygens (including phenoxy) is 1. The third-order valence-electron chi connectivity index (χ3n) is 8.31. The van der Waals surface area contributed by atoms with E-state index in [4.69, 9.17) is 16.3 Å². The summed E-state index contributed by atoms with van der Waals surface area (Å²) in [6.45, 7) is 6.34. The van der Waals surface area contributed by atoms with Gasteiger partial charge in [0.15, 0.2) is 29.6 Å². The van der Waals surface area contributed by atoms with Gasteiger partial charge < -0.3 is 25.6 Å². The molecule has 0 unspecified atom stereocenters. The highest BCUT2D eigenvalue weighted by Crippen LogP contribution is 2.26. The van der Waals surface area contributed by atoms with Gasteiger partial charge in [-0.05, 0) is 43.7 Å². The maximum absolute atomic E-state index is 14.5. The zero-order valence-electron chi connectivity index (χ0n) is 29.2. The van der Waals surface area contributed by atoms with E-state index in [1.54, 1.807) is 0 Å². The Morgan fingerprint density at radius 2 is 1.91 bits per heavy atom. The van der Waals surface area contributed by atoms with Gasteiger partial charge in [0.05, 0.1) is 21.8 Å². The van der Waals surface area contributed by atoms with Crippen molar-refractivity contribution in [3.05, 3.63) is 76.3 Å². The lowest BCUT2D eigenvalue weighted by Gasteiger charge is -2.35. The number of hydrogen-bond donors (Lipinski definition) is 4. The number of hydrogen-bond acceptors (Lipinski definition) is 13. The van der Waals surface area contributed by atoms with Crippen molar-refractivity contribution in [2.75, 3.05) is 79.9 Å². The molecule has 2 saturated heterocycles. The summed E-state index contributed by atoms with van der Waals surface area (Å²) in [4.78, 5) is 65.4. The van der Waals surface area contributed by atoms with Gasteiger partial charge in [-0.15, -0.1) is 0 Å². The van der Waals surface area contributed by atoms with Gasteiger partial charge in [-0.25, -0.2) is 24.1 Å². The first-order valence-corrected chi connectivity index (χ1v) is 18.0. The number of nitrogens with one attached hydrogen (secondary N) is 4. The van der Waals surface area contributed by atoms with Gasteiger partial charge in [0.25, 0.3) is 5.91 Å². The molecule has 53 heavy (non-hydrogen) atoms. The van der Waals surface area contributed by atoms with Crippen molar-refractivity contribution in [1.29, 1.82) is 0 Å². The summed E-state index contributed by atoms with van der Waals surface area (Å²) in [5, 5.41) is 12.5. The molecule has 0 bridgehead atoms. The zero-order chi connectivity index (χ0) is 37.7. The van der Waals surface area contributed by atoms with Gasteiger partial charge in [0.2, 0.25) is 5.91 Å². The molecule has 6 rings (SSSR count). The smallest absolute Gasteiger partial charge is 0.328 e. The topological polar surface area (TPSA) is 174 Å². The molecule has 2 aromatic carbocycles. The number of piperazine rings is 1. The van der Waals surface area contributed by atoms with E-state index in [2.05, 4.69) is 46.0 Å².